The van der Waals surface area contributed by atoms with Crippen LogP contribution < -0.4 is 0 Å². The van der Waals surface area contributed by atoms with Gasteiger partial charge >= 0.3 is 6.18 Å². The fourth-order valence-corrected chi connectivity index (χ4v) is 13.4. The minimum atomic E-state index is -4.87. The summed E-state index contributed by atoms with van der Waals surface area (Å²) >= 11 is 4.45. The summed E-state index contributed by atoms with van der Waals surface area (Å²) in [7, 11) is 0. The molecule has 131 heavy (non-hydrogen) atoms. The van der Waals surface area contributed by atoms with E-state index in [1.54, 1.807) is 138 Å². The Kier molecular flexibility index (Phi) is 51.6. The van der Waals surface area contributed by atoms with Crippen LogP contribution in [0.4, 0.5) is 22.0 Å². The van der Waals surface area contributed by atoms with Gasteiger partial charge in [0, 0.05) is 286 Å². The van der Waals surface area contributed by atoms with Gasteiger partial charge in [-0.15, -0.1) is 83.0 Å². The number of fused-ring (bicyclic) bond motifs is 8. The van der Waals surface area contributed by atoms with Crippen LogP contribution in [0.3, 0.4) is 0 Å². The number of thiophene rings is 2. The van der Waals surface area contributed by atoms with E-state index < -0.39 is 29.4 Å². The topological polar surface area (TPSA) is 273 Å². The number of halogens is 5. The Hall–Kier alpha value is -10.5. The molecule has 0 aliphatic carbocycles. The molecular weight excluding hydrogens is 2540 g/mol. The summed E-state index contributed by atoms with van der Waals surface area (Å²) in [5.41, 5.74) is 9.40. The number of hydrogen-bond acceptors (Lipinski definition) is 20. The summed E-state index contributed by atoms with van der Waals surface area (Å²) in [5, 5.41) is 52.1. The largest absolute Gasteiger partial charge is 0.512 e. The third-order valence-corrected chi connectivity index (χ3v) is 19.5. The first-order valence-corrected chi connectivity index (χ1v) is 40.6. The molecule has 0 atom stereocenters. The van der Waals surface area contributed by atoms with Crippen molar-refractivity contribution in [3.63, 3.8) is 0 Å². The van der Waals surface area contributed by atoms with E-state index in [0.29, 0.717) is 22.5 Å². The van der Waals surface area contributed by atoms with Crippen molar-refractivity contribution in [1.29, 1.82) is 0 Å². The van der Waals surface area contributed by atoms with Gasteiger partial charge in [0.05, 0.1) is 44.0 Å². The number of para-hydroxylation sites is 1. The standard InChI is InChI=1S/C15H12O2.2C13H8NS.2C12H8N2.C11H6F2N.C8H5F3O2S.C7H7NO.2C5H8O2.2Eu.3Ir/c16-14(12-7-3-1-4-8-12)11-15(17)13-9-5-2-6-10-13;1-2-7-12-10(5-1)9-13(15-12)11-6-3-4-8-14-11;1-2-6-10(7-3-1)13-14-11-8-4-5-9-12(11)15-13;2*1-3-9-5-6-10-4-2-8-14-12(10)11(9)13-7-1;12-8-4-5-9(10(13)7-8)11-3-1-2-6-14-11;9-8(10,11)7(13)4-5(12)6-2-1-3-14-6;1-6(9)7-4-2-3-5-8-7;2*1-4(6)3-5(2)7;;;;;/h1-11,16H;1-8H;1-6,8-9H;2*1-8H;1-4,6-7H;1-4,13H;2-5,9H,1H2;2*3,6H,1-2H3;;;;;/q;2*-1;;;-1;;;;;;;;;. The van der Waals surface area contributed by atoms with Gasteiger partial charge in [0.15, 0.2) is 23.1 Å². The second-order valence-corrected chi connectivity index (χ2v) is 29.2. The number of carbonyl (C=O) groups excluding carboxylic acids is 4. The molecule has 18 rings (SSSR count). The van der Waals surface area contributed by atoms with E-state index in [4.69, 9.17) is 20.4 Å². The third kappa shape index (κ3) is 38.3. The second-order valence-electron chi connectivity index (χ2n) is 26.2. The number of nitrogens with zero attached hydrogens (tertiary/aromatic N) is 8. The zero-order valence-electron chi connectivity index (χ0n) is 69.6. The number of hydrogen-bond donors (Lipinski definition) is 5. The fourth-order valence-electron chi connectivity index (χ4n) is 10.9. The molecule has 5 N–H and O–H groups in total. The summed E-state index contributed by atoms with van der Waals surface area (Å²) in [5.74, 6) is -4.35. The molecule has 0 fully saturated rings. The van der Waals surface area contributed by atoms with Gasteiger partial charge in [-0.05, 0) is 115 Å². The van der Waals surface area contributed by atoms with Gasteiger partial charge < -0.3 is 35.5 Å². The van der Waals surface area contributed by atoms with Crippen LogP contribution in [0.2, 0.25) is 0 Å². The number of allylic oxidation sites excluding steroid dienone is 7. The zero-order chi connectivity index (χ0) is 90.2. The molecule has 0 bridgehead atoms. The molecule has 0 aliphatic rings. The molecule has 0 unspecified atom stereocenters. The van der Waals surface area contributed by atoms with E-state index >= 15 is 0 Å². The summed E-state index contributed by atoms with van der Waals surface area (Å²) in [4.78, 5) is 78.2. The molecule has 0 amide bonds. The van der Waals surface area contributed by atoms with Gasteiger partial charge in [-0.1, -0.05) is 188 Å². The minimum absolute atomic E-state index is 0. The number of aromatic nitrogens is 8. The number of pyridine rings is 7. The molecule has 0 aliphatic heterocycles. The number of carbonyl (C=O) groups is 4. The van der Waals surface area contributed by atoms with Crippen molar-refractivity contribution >= 4 is 133 Å². The van der Waals surface area contributed by atoms with Crippen LogP contribution in [0.15, 0.2) is 382 Å². The minimum Gasteiger partial charge on any atom is -0.512 e. The first-order valence-electron chi connectivity index (χ1n) is 38.0. The molecule has 10 aromatic heterocycles. The maximum absolute atomic E-state index is 13.2. The van der Waals surface area contributed by atoms with Gasteiger partial charge in [0.2, 0.25) is 5.76 Å². The molecule has 10 heterocycles. The summed E-state index contributed by atoms with van der Waals surface area (Å²) in [6.45, 7) is 9.02. The Morgan fingerprint density at radius 3 is 1.31 bits per heavy atom. The van der Waals surface area contributed by atoms with Crippen molar-refractivity contribution in [3.8, 4) is 32.4 Å². The smallest absolute Gasteiger partial charge is 0.448 e. The summed E-state index contributed by atoms with van der Waals surface area (Å²) < 4.78 is 63.6. The van der Waals surface area contributed by atoms with Gasteiger partial charge in [-0.3, -0.25) is 57.9 Å². The molecule has 0 spiro atoms. The van der Waals surface area contributed by atoms with E-state index in [9.17, 15) is 46.2 Å². The Bertz CT molecular complexity index is 6320. The molecule has 8 aromatic carbocycles. The maximum atomic E-state index is 13.2. The van der Waals surface area contributed by atoms with Crippen LogP contribution in [-0.4, -0.2) is 94.7 Å². The quantitative estimate of drug-likeness (QED) is 0.0201. The molecule has 30 heteroatoms. The van der Waals surface area contributed by atoms with Crippen LogP contribution >= 0.6 is 34.0 Å². The maximum Gasteiger partial charge on any atom is 0.448 e. The van der Waals surface area contributed by atoms with Gasteiger partial charge in [0.25, 0.3) is 0 Å². The zero-order valence-corrected chi connectivity index (χ0v) is 84.1. The van der Waals surface area contributed by atoms with Crippen LogP contribution in [0, 0.1) is 129 Å². The monoisotopic (exact) mass is 2620 g/mol. The van der Waals surface area contributed by atoms with Crippen LogP contribution in [0.25, 0.3) is 108 Å². The van der Waals surface area contributed by atoms with Crippen molar-refractivity contribution in [2.45, 2.75) is 33.9 Å². The Morgan fingerprint density at radius 2 is 0.893 bits per heavy atom. The van der Waals surface area contributed by atoms with Crippen molar-refractivity contribution < 1.29 is 226 Å². The number of aliphatic hydroxyl groups is 5. The number of thiazole rings is 1. The summed E-state index contributed by atoms with van der Waals surface area (Å²) in [6, 6.07) is 96.8. The van der Waals surface area contributed by atoms with Crippen molar-refractivity contribution in [1.82, 2.24) is 39.9 Å². The van der Waals surface area contributed by atoms with Crippen molar-refractivity contribution in [3.05, 3.63) is 434 Å². The average Bonchev–Trinajstić information content (AvgIpc) is 1.71. The molecule has 0 saturated carbocycles. The van der Waals surface area contributed by atoms with Crippen LogP contribution in [0.1, 0.15) is 59.0 Å². The number of benzene rings is 8. The van der Waals surface area contributed by atoms with E-state index in [0.717, 1.165) is 93.7 Å². The van der Waals surface area contributed by atoms with Crippen LogP contribution in [-0.2, 0) is 69.9 Å². The third-order valence-electron chi connectivity index (χ3n) is 16.4. The number of ketones is 4. The molecule has 5 radical (unpaired) electrons. The Morgan fingerprint density at radius 1 is 0.435 bits per heavy atom. The Balaban J connectivity index is 0.000000306. The number of aliphatic hydroxyl groups excluding tert-OH is 5. The predicted molar refractivity (Wildman–Crippen MR) is 494 cm³/mol. The summed E-state index contributed by atoms with van der Waals surface area (Å²) in [6.07, 6.45) is 11.1. The normalized spacial score (nSPS) is 10.5. The number of rotatable bonds is 11. The van der Waals surface area contributed by atoms with E-state index in [1.807, 2.05) is 121 Å². The number of alkyl halides is 3. The van der Waals surface area contributed by atoms with Crippen LogP contribution in [0.5, 0.6) is 0 Å². The Labute approximate surface area is 886 Å². The van der Waals surface area contributed by atoms with Gasteiger partial charge in [-0.2, -0.15) is 24.5 Å². The van der Waals surface area contributed by atoms with E-state index in [2.05, 4.69) is 137 Å². The SMILES string of the molecule is C=C(O)c1ccccn1.CC(=O)C=C(C)O.CC(=O)C=C(C)O.Fc1c[c-]c(-c2ccccn2)c(F)c1.O=C(C=C(O)C(F)(F)F)c1cccs1.O=C(C=C(O)c1ccccc1)c1ccccc1.[Eu].[Eu].[Ir].[Ir].[Ir].[c-]1c(-c2ccccn2)sc2ccccc12.[c-]1ccccc1-c1nc2ccccc2s1.c1cnc2c(c1)ccc1cccnc12.c1cnc2c(c1)ccc1cccnc12. The molecule has 17 nitrogen and oxygen atoms in total. The predicted octanol–water partition coefficient (Wildman–Crippen LogP) is 26.0. The molecular formula is C101H78Eu2F5Ir3N8O9S3-3. The first-order chi connectivity index (χ1) is 60.8. The van der Waals surface area contributed by atoms with Crippen molar-refractivity contribution in [2.75, 3.05) is 0 Å². The molecule has 0 saturated heterocycles. The first kappa shape index (κ1) is 113. The van der Waals surface area contributed by atoms with E-state index in [1.165, 1.54) is 72.8 Å². The van der Waals surface area contributed by atoms with E-state index in [-0.39, 0.29) is 216 Å². The average molecular weight is 2620 g/mol. The molecule has 18 aromatic rings. The van der Waals surface area contributed by atoms with Gasteiger partial charge in [0.1, 0.15) is 17.2 Å². The van der Waals surface area contributed by atoms with Crippen molar-refractivity contribution in [2.24, 2.45) is 0 Å². The van der Waals surface area contributed by atoms with Gasteiger partial charge in [-0.25, -0.2) is 11.3 Å². The fraction of sp³-hybridized carbons (Fsp3) is 0.0495. The molecule has 673 valence electrons. The second kappa shape index (κ2) is 59.8.